The highest BCUT2D eigenvalue weighted by Gasteiger charge is 2.36. The smallest absolute Gasteiger partial charge is 0.337 e. The third kappa shape index (κ3) is 1.61. The number of benzene rings is 1. The van der Waals surface area contributed by atoms with E-state index in [0.29, 0.717) is 12.0 Å². The topological polar surface area (TPSA) is 46.5 Å². The monoisotopic (exact) mass is 220 g/mol. The van der Waals surface area contributed by atoms with Crippen LogP contribution in [0.5, 0.6) is 0 Å². The molecule has 0 radical (unpaired) electrons. The van der Waals surface area contributed by atoms with Crippen molar-refractivity contribution >= 4 is 5.97 Å². The van der Waals surface area contributed by atoms with Gasteiger partial charge in [0.15, 0.2) is 0 Å². The summed E-state index contributed by atoms with van der Waals surface area (Å²) in [5, 5.41) is 9.94. The van der Waals surface area contributed by atoms with Gasteiger partial charge >= 0.3 is 5.97 Å². The van der Waals surface area contributed by atoms with Gasteiger partial charge in [0, 0.05) is 0 Å². The molecule has 0 saturated carbocycles. The van der Waals surface area contributed by atoms with Gasteiger partial charge in [-0.15, -0.1) is 0 Å². The van der Waals surface area contributed by atoms with Crippen molar-refractivity contribution in [1.82, 2.24) is 0 Å². The molecular formula is C13H16O3. The third-order valence-electron chi connectivity index (χ3n) is 3.26. The fourth-order valence-electron chi connectivity index (χ4n) is 2.40. The lowest BCUT2D eigenvalue weighted by atomic mass is 9.86. The van der Waals surface area contributed by atoms with Gasteiger partial charge < -0.3 is 9.84 Å². The molecule has 0 fully saturated rings. The summed E-state index contributed by atoms with van der Waals surface area (Å²) in [6.07, 6.45) is 0.224. The molecule has 0 bridgehead atoms. The molecule has 1 aliphatic rings. The minimum Gasteiger partial charge on any atom is -0.465 e. The van der Waals surface area contributed by atoms with Gasteiger partial charge in [0.1, 0.15) is 0 Å². The number of aliphatic hydroxyl groups excluding tert-OH is 1. The minimum absolute atomic E-state index is 0.0244. The highest BCUT2D eigenvalue weighted by Crippen LogP contribution is 2.44. The summed E-state index contributed by atoms with van der Waals surface area (Å²) in [7, 11) is 1.36. The van der Waals surface area contributed by atoms with Gasteiger partial charge in [0.05, 0.1) is 18.8 Å². The Balaban J connectivity index is 2.48. The molecule has 1 N–H and O–H groups in total. The fourth-order valence-corrected chi connectivity index (χ4v) is 2.40. The normalized spacial score (nSPS) is 21.6. The van der Waals surface area contributed by atoms with Crippen molar-refractivity contribution in [2.75, 3.05) is 7.11 Å². The zero-order valence-corrected chi connectivity index (χ0v) is 9.78. The van der Waals surface area contributed by atoms with E-state index >= 15 is 0 Å². The van der Waals surface area contributed by atoms with E-state index in [1.807, 2.05) is 6.07 Å². The molecule has 0 spiro atoms. The highest BCUT2D eigenvalue weighted by atomic mass is 16.5. The number of rotatable bonds is 1. The Bertz CT molecular complexity index is 435. The van der Waals surface area contributed by atoms with E-state index in [1.165, 1.54) is 7.11 Å². The van der Waals surface area contributed by atoms with Crippen molar-refractivity contribution in [3.05, 3.63) is 34.9 Å². The van der Waals surface area contributed by atoms with Crippen molar-refractivity contribution in [3.63, 3.8) is 0 Å². The Hall–Kier alpha value is -1.35. The van der Waals surface area contributed by atoms with Crippen molar-refractivity contribution in [1.29, 1.82) is 0 Å². The maximum absolute atomic E-state index is 11.4. The van der Waals surface area contributed by atoms with Crippen LogP contribution in [-0.2, 0) is 10.2 Å². The quantitative estimate of drug-likeness (QED) is 0.738. The standard InChI is InChI=1S/C13H16O3/c1-13(2)7-11(14)9-6-8(12(15)16-3)4-5-10(9)13/h4-6,11,14H,7H2,1-3H3/t11-/m0/s1. The Morgan fingerprint density at radius 1 is 1.50 bits per heavy atom. The molecule has 1 aliphatic carbocycles. The van der Waals surface area contributed by atoms with Gasteiger partial charge in [-0.25, -0.2) is 4.79 Å². The molecule has 1 aromatic carbocycles. The molecule has 16 heavy (non-hydrogen) atoms. The lowest BCUT2D eigenvalue weighted by Gasteiger charge is -2.18. The molecule has 3 nitrogen and oxygen atoms in total. The van der Waals surface area contributed by atoms with Crippen molar-refractivity contribution in [2.24, 2.45) is 0 Å². The first-order valence-corrected chi connectivity index (χ1v) is 5.36. The maximum atomic E-state index is 11.4. The second-order valence-electron chi connectivity index (χ2n) is 4.90. The minimum atomic E-state index is -0.477. The number of carbonyl (C=O) groups excluding carboxylic acids is 1. The highest BCUT2D eigenvalue weighted by molar-refractivity contribution is 5.89. The van der Waals surface area contributed by atoms with Crippen LogP contribution >= 0.6 is 0 Å². The van der Waals surface area contributed by atoms with E-state index in [9.17, 15) is 9.90 Å². The van der Waals surface area contributed by atoms with Crippen molar-refractivity contribution < 1.29 is 14.6 Å². The molecular weight excluding hydrogens is 204 g/mol. The summed E-state index contributed by atoms with van der Waals surface area (Å²) in [5.41, 5.74) is 2.45. The third-order valence-corrected chi connectivity index (χ3v) is 3.26. The van der Waals surface area contributed by atoms with E-state index in [1.54, 1.807) is 12.1 Å². The van der Waals surface area contributed by atoms with Crippen LogP contribution < -0.4 is 0 Å². The first kappa shape index (κ1) is 11.1. The molecule has 0 unspecified atom stereocenters. The summed E-state index contributed by atoms with van der Waals surface area (Å²) < 4.78 is 4.66. The molecule has 1 atom stereocenters. The van der Waals surface area contributed by atoms with Crippen LogP contribution in [0.25, 0.3) is 0 Å². The van der Waals surface area contributed by atoms with Gasteiger partial charge in [0.25, 0.3) is 0 Å². The first-order chi connectivity index (χ1) is 7.45. The predicted octanol–water partition coefficient (Wildman–Crippen LogP) is 2.19. The largest absolute Gasteiger partial charge is 0.465 e. The number of aliphatic hydroxyl groups is 1. The van der Waals surface area contributed by atoms with E-state index in [0.717, 1.165) is 11.1 Å². The number of hydrogen-bond donors (Lipinski definition) is 1. The lowest BCUT2D eigenvalue weighted by molar-refractivity contribution is 0.0600. The summed E-state index contributed by atoms with van der Waals surface area (Å²) in [4.78, 5) is 11.4. The Morgan fingerprint density at radius 2 is 2.19 bits per heavy atom. The molecule has 1 aromatic rings. The molecule has 0 amide bonds. The summed E-state index contributed by atoms with van der Waals surface area (Å²) in [6, 6.07) is 5.41. The predicted molar refractivity (Wildman–Crippen MR) is 60.4 cm³/mol. The van der Waals surface area contributed by atoms with Gasteiger partial charge in [0.2, 0.25) is 0 Å². The van der Waals surface area contributed by atoms with Crippen LogP contribution in [-0.4, -0.2) is 18.2 Å². The number of methoxy groups -OCH3 is 1. The average Bonchev–Trinajstić information content (AvgIpc) is 2.48. The molecule has 0 aromatic heterocycles. The number of carbonyl (C=O) groups is 1. The molecule has 3 heteroatoms. The Labute approximate surface area is 95.0 Å². The van der Waals surface area contributed by atoms with Crippen LogP contribution in [0.2, 0.25) is 0 Å². The molecule has 0 heterocycles. The Morgan fingerprint density at radius 3 is 2.81 bits per heavy atom. The SMILES string of the molecule is COC(=O)c1ccc2c(c1)[C@@H](O)CC2(C)C. The van der Waals surface area contributed by atoms with Gasteiger partial charge in [-0.2, -0.15) is 0 Å². The first-order valence-electron chi connectivity index (χ1n) is 5.36. The second kappa shape index (κ2) is 3.59. The summed E-state index contributed by atoms with van der Waals surface area (Å²) in [5.74, 6) is -0.361. The van der Waals surface area contributed by atoms with Gasteiger partial charge in [-0.3, -0.25) is 0 Å². The lowest BCUT2D eigenvalue weighted by Crippen LogP contribution is -2.12. The Kier molecular flexibility index (Phi) is 2.50. The van der Waals surface area contributed by atoms with E-state index in [2.05, 4.69) is 18.6 Å². The van der Waals surface area contributed by atoms with E-state index in [-0.39, 0.29) is 11.4 Å². The van der Waals surface area contributed by atoms with Crippen LogP contribution in [0.1, 0.15) is 47.9 Å². The van der Waals surface area contributed by atoms with E-state index < -0.39 is 6.10 Å². The molecule has 2 rings (SSSR count). The van der Waals surface area contributed by atoms with Gasteiger partial charge in [-0.1, -0.05) is 19.9 Å². The molecule has 0 saturated heterocycles. The summed E-state index contributed by atoms with van der Waals surface area (Å²) in [6.45, 7) is 4.19. The van der Waals surface area contributed by atoms with E-state index in [4.69, 9.17) is 0 Å². The number of fused-ring (bicyclic) bond motifs is 1. The average molecular weight is 220 g/mol. The van der Waals surface area contributed by atoms with Gasteiger partial charge in [-0.05, 0) is 35.1 Å². The number of ether oxygens (including phenoxy) is 1. The number of hydrogen-bond acceptors (Lipinski definition) is 3. The van der Waals surface area contributed by atoms with Crippen molar-refractivity contribution in [2.45, 2.75) is 31.8 Å². The maximum Gasteiger partial charge on any atom is 0.337 e. The summed E-state index contributed by atoms with van der Waals surface area (Å²) >= 11 is 0. The fraction of sp³-hybridized carbons (Fsp3) is 0.462. The van der Waals surface area contributed by atoms with Crippen LogP contribution in [0.15, 0.2) is 18.2 Å². The molecule has 86 valence electrons. The van der Waals surface area contributed by atoms with Crippen LogP contribution in [0.3, 0.4) is 0 Å². The zero-order valence-electron chi connectivity index (χ0n) is 9.78. The van der Waals surface area contributed by atoms with Crippen molar-refractivity contribution in [3.8, 4) is 0 Å². The second-order valence-corrected chi connectivity index (χ2v) is 4.90. The number of esters is 1. The molecule has 0 aliphatic heterocycles. The van der Waals surface area contributed by atoms with Crippen LogP contribution in [0.4, 0.5) is 0 Å². The zero-order chi connectivity index (χ0) is 11.9. The van der Waals surface area contributed by atoms with Crippen LogP contribution in [0, 0.1) is 0 Å².